The quantitative estimate of drug-likeness (QED) is 0.497. The molecule has 0 atom stereocenters. The maximum atomic E-state index is 13.4. The third kappa shape index (κ3) is 1.74. The third-order valence-electron chi connectivity index (χ3n) is 2.11. The minimum Gasteiger partial charge on any atom is -0.381 e. The van der Waals surface area contributed by atoms with Crippen molar-refractivity contribution in [2.24, 2.45) is 0 Å². The second kappa shape index (κ2) is 4.23. The Morgan fingerprint density at radius 2 is 1.39 bits per heavy atom. The van der Waals surface area contributed by atoms with Crippen LogP contribution in [0.5, 0.6) is 0 Å². The smallest absolute Gasteiger partial charge is 0.200 e. The van der Waals surface area contributed by atoms with Crippen LogP contribution in [0.1, 0.15) is 0 Å². The summed E-state index contributed by atoms with van der Waals surface area (Å²) in [6.45, 7) is 0. The molecule has 2 rings (SSSR count). The molecule has 0 aliphatic rings. The number of benzene rings is 1. The molecule has 0 aliphatic carbocycles. The number of rotatable bonds is 1. The van der Waals surface area contributed by atoms with E-state index in [0.29, 0.717) is 4.68 Å². The third-order valence-corrected chi connectivity index (χ3v) is 2.72. The second-order valence-corrected chi connectivity index (χ2v) is 4.08. The summed E-state index contributed by atoms with van der Waals surface area (Å²) in [6, 6.07) is 0. The van der Waals surface area contributed by atoms with Gasteiger partial charge in [0, 0.05) is 6.20 Å². The maximum Gasteiger partial charge on any atom is 0.200 e. The molecule has 9 heteroatoms. The van der Waals surface area contributed by atoms with E-state index in [1.807, 2.05) is 0 Å². The van der Waals surface area contributed by atoms with Crippen molar-refractivity contribution in [1.29, 1.82) is 0 Å². The highest BCUT2D eigenvalue weighted by Gasteiger charge is 2.27. The first-order chi connectivity index (χ1) is 8.34. The number of aromatic nitrogens is 2. The van der Waals surface area contributed by atoms with E-state index >= 15 is 0 Å². The first-order valence-electron chi connectivity index (χ1n) is 4.37. The Bertz CT molecular complexity index is 591. The predicted octanol–water partition coefficient (Wildman–Crippen LogP) is 2.91. The highest BCUT2D eigenvalue weighted by atomic mass is 79.9. The highest BCUT2D eigenvalue weighted by Crippen LogP contribution is 2.27. The molecule has 1 aromatic heterocycles. The minimum atomic E-state index is -2.23. The molecule has 18 heavy (non-hydrogen) atoms. The predicted molar refractivity (Wildman–Crippen MR) is 55.5 cm³/mol. The summed E-state index contributed by atoms with van der Waals surface area (Å²) < 4.78 is 66.1. The van der Waals surface area contributed by atoms with Crippen LogP contribution >= 0.6 is 15.9 Å². The topological polar surface area (TPSA) is 43.8 Å². The molecule has 0 aliphatic heterocycles. The first kappa shape index (κ1) is 12.8. The molecule has 1 heterocycles. The van der Waals surface area contributed by atoms with Crippen molar-refractivity contribution >= 4 is 21.7 Å². The van der Waals surface area contributed by atoms with Crippen LogP contribution in [-0.4, -0.2) is 9.78 Å². The Kier molecular flexibility index (Phi) is 3.01. The number of halogens is 6. The maximum absolute atomic E-state index is 13.4. The molecular weight excluding hydrogens is 325 g/mol. The molecule has 2 aromatic rings. The fraction of sp³-hybridized carbons (Fsp3) is 0. The molecule has 0 fully saturated rings. The van der Waals surface area contributed by atoms with Gasteiger partial charge in [-0.3, -0.25) is 0 Å². The number of anilines is 1. The van der Waals surface area contributed by atoms with Crippen LogP contribution in [0.2, 0.25) is 0 Å². The van der Waals surface area contributed by atoms with E-state index in [2.05, 4.69) is 21.0 Å². The Morgan fingerprint density at radius 1 is 0.944 bits per heavy atom. The van der Waals surface area contributed by atoms with Gasteiger partial charge in [-0.15, -0.1) is 5.10 Å². The summed E-state index contributed by atoms with van der Waals surface area (Å²) in [5.41, 5.74) is 4.11. The van der Waals surface area contributed by atoms with Gasteiger partial charge >= 0.3 is 0 Å². The number of hydrogen-bond donors (Lipinski definition) is 1. The van der Waals surface area contributed by atoms with Crippen LogP contribution in [0.4, 0.5) is 27.8 Å². The van der Waals surface area contributed by atoms with Crippen molar-refractivity contribution in [3.63, 3.8) is 0 Å². The Balaban J connectivity index is 2.79. The van der Waals surface area contributed by atoms with Gasteiger partial charge in [-0.2, -0.15) is 0 Å². The van der Waals surface area contributed by atoms with Crippen LogP contribution in [0.25, 0.3) is 5.69 Å². The normalized spacial score (nSPS) is 11.0. The van der Waals surface area contributed by atoms with Gasteiger partial charge in [0.2, 0.25) is 5.82 Å². The zero-order valence-corrected chi connectivity index (χ0v) is 9.90. The molecule has 0 spiro atoms. The van der Waals surface area contributed by atoms with E-state index in [0.717, 1.165) is 6.20 Å². The Morgan fingerprint density at radius 3 is 1.78 bits per heavy atom. The molecule has 3 nitrogen and oxygen atoms in total. The summed E-state index contributed by atoms with van der Waals surface area (Å²) in [7, 11) is 0. The average molecular weight is 328 g/mol. The van der Waals surface area contributed by atoms with E-state index in [9.17, 15) is 22.0 Å². The summed E-state index contributed by atoms with van der Waals surface area (Å²) in [5.74, 6) is -10.4. The summed E-state index contributed by atoms with van der Waals surface area (Å²) in [6.07, 6.45) is 0.980. The largest absolute Gasteiger partial charge is 0.381 e. The molecule has 2 N–H and O–H groups in total. The molecule has 0 amide bonds. The van der Waals surface area contributed by atoms with E-state index in [-0.39, 0.29) is 10.3 Å². The van der Waals surface area contributed by atoms with Crippen LogP contribution in [0.15, 0.2) is 10.7 Å². The summed E-state index contributed by atoms with van der Waals surface area (Å²) in [5, 5.41) is 3.43. The lowest BCUT2D eigenvalue weighted by Crippen LogP contribution is -2.10. The second-order valence-electron chi connectivity index (χ2n) is 3.23. The molecule has 0 bridgehead atoms. The summed E-state index contributed by atoms with van der Waals surface area (Å²) >= 11 is 2.90. The SMILES string of the molecule is Nc1nn(-c2c(F)c(F)c(F)c(F)c2F)cc1Br. The first-order valence-corrected chi connectivity index (χ1v) is 5.16. The van der Waals surface area contributed by atoms with Crippen molar-refractivity contribution in [2.45, 2.75) is 0 Å². The van der Waals surface area contributed by atoms with Crippen LogP contribution < -0.4 is 5.73 Å². The van der Waals surface area contributed by atoms with Crippen LogP contribution in [0, 0.1) is 29.1 Å². The van der Waals surface area contributed by atoms with Gasteiger partial charge in [0.25, 0.3) is 0 Å². The molecule has 0 unspecified atom stereocenters. The fourth-order valence-electron chi connectivity index (χ4n) is 1.28. The van der Waals surface area contributed by atoms with Gasteiger partial charge in [0.1, 0.15) is 5.69 Å². The zero-order chi connectivity index (χ0) is 13.6. The van der Waals surface area contributed by atoms with E-state index in [1.165, 1.54) is 0 Å². The molecule has 96 valence electrons. The van der Waals surface area contributed by atoms with Gasteiger partial charge in [-0.25, -0.2) is 26.6 Å². The van der Waals surface area contributed by atoms with Crippen LogP contribution in [0.3, 0.4) is 0 Å². The Hall–Kier alpha value is -1.64. The molecule has 0 radical (unpaired) electrons. The van der Waals surface area contributed by atoms with E-state index in [4.69, 9.17) is 5.73 Å². The number of nitrogens with zero attached hydrogens (tertiary/aromatic N) is 2. The van der Waals surface area contributed by atoms with Crippen molar-refractivity contribution in [3.8, 4) is 5.69 Å². The zero-order valence-electron chi connectivity index (χ0n) is 8.32. The number of nitrogens with two attached hydrogens (primary N) is 1. The monoisotopic (exact) mass is 327 g/mol. The van der Waals surface area contributed by atoms with Gasteiger partial charge in [0.15, 0.2) is 29.1 Å². The molecule has 0 saturated heterocycles. The average Bonchev–Trinajstić information content (AvgIpc) is 2.64. The van der Waals surface area contributed by atoms with Crippen molar-refractivity contribution < 1.29 is 22.0 Å². The van der Waals surface area contributed by atoms with E-state index < -0.39 is 34.8 Å². The highest BCUT2D eigenvalue weighted by molar-refractivity contribution is 9.10. The molecule has 0 saturated carbocycles. The minimum absolute atomic E-state index is 0.154. The molecular formula is C9H3BrF5N3. The fourth-order valence-corrected chi connectivity index (χ4v) is 1.55. The van der Waals surface area contributed by atoms with Crippen molar-refractivity contribution in [2.75, 3.05) is 5.73 Å². The molecule has 1 aromatic carbocycles. The number of hydrogen-bond acceptors (Lipinski definition) is 2. The lowest BCUT2D eigenvalue weighted by molar-refractivity contribution is 0.374. The van der Waals surface area contributed by atoms with Gasteiger partial charge in [-0.05, 0) is 15.9 Å². The lowest BCUT2D eigenvalue weighted by Gasteiger charge is -2.07. The number of nitrogen functional groups attached to an aromatic ring is 1. The van der Waals surface area contributed by atoms with Crippen molar-refractivity contribution in [3.05, 3.63) is 39.8 Å². The van der Waals surface area contributed by atoms with Crippen LogP contribution in [-0.2, 0) is 0 Å². The van der Waals surface area contributed by atoms with E-state index in [1.54, 1.807) is 0 Å². The summed E-state index contributed by atoms with van der Waals surface area (Å²) in [4.78, 5) is 0. The standard InChI is InChI=1S/C9H3BrF5N3/c10-2-1-18(17-9(2)16)8-6(14)4(12)3(11)5(13)7(8)15/h1H,(H2,16,17). The van der Waals surface area contributed by atoms with Gasteiger partial charge < -0.3 is 5.73 Å². The van der Waals surface area contributed by atoms with Crippen molar-refractivity contribution in [1.82, 2.24) is 9.78 Å². The van der Waals surface area contributed by atoms with Gasteiger partial charge in [0.05, 0.1) is 4.47 Å². The lowest BCUT2D eigenvalue weighted by atomic mass is 10.2. The Labute approximate surface area is 105 Å². The van der Waals surface area contributed by atoms with Gasteiger partial charge in [-0.1, -0.05) is 0 Å².